The molecule has 2 unspecified atom stereocenters. The minimum atomic E-state index is -0.356. The summed E-state index contributed by atoms with van der Waals surface area (Å²) in [6, 6.07) is 0. The minimum Gasteiger partial charge on any atom is -0.392 e. The number of rotatable bonds is 10. The third-order valence-corrected chi connectivity index (χ3v) is 4.77. The smallest absolute Gasteiger partial charge is 0.0701 e. The lowest BCUT2D eigenvalue weighted by Crippen LogP contribution is -2.52. The molecule has 2 atom stereocenters. The van der Waals surface area contributed by atoms with Gasteiger partial charge >= 0.3 is 0 Å². The predicted molar refractivity (Wildman–Crippen MR) is 83.3 cm³/mol. The van der Waals surface area contributed by atoms with Gasteiger partial charge in [-0.15, -0.1) is 0 Å². The van der Waals surface area contributed by atoms with Crippen molar-refractivity contribution in [1.82, 2.24) is 0 Å². The summed E-state index contributed by atoms with van der Waals surface area (Å²) in [6.07, 6.45) is 3.63. The Morgan fingerprint density at radius 3 is 2.29 bits per heavy atom. The Morgan fingerprint density at radius 1 is 1.05 bits per heavy atom. The lowest BCUT2D eigenvalue weighted by molar-refractivity contribution is -0.102. The van der Waals surface area contributed by atoms with E-state index in [0.29, 0.717) is 39.6 Å². The highest BCUT2D eigenvalue weighted by molar-refractivity contribution is 4.98. The fourth-order valence-corrected chi connectivity index (χ4v) is 3.32. The van der Waals surface area contributed by atoms with Gasteiger partial charge in [0, 0.05) is 25.7 Å². The Balaban J connectivity index is 2.27. The maximum Gasteiger partial charge on any atom is 0.0701 e. The zero-order valence-corrected chi connectivity index (χ0v) is 13.9. The summed E-state index contributed by atoms with van der Waals surface area (Å²) in [5, 5.41) is 10.7. The van der Waals surface area contributed by atoms with Crippen LogP contribution in [0, 0.1) is 10.8 Å². The monoisotopic (exact) mass is 303 g/mol. The van der Waals surface area contributed by atoms with Crippen molar-refractivity contribution in [3.05, 3.63) is 0 Å². The first-order valence-electron chi connectivity index (χ1n) is 8.01. The molecule has 126 valence electrons. The zero-order chi connectivity index (χ0) is 15.8. The van der Waals surface area contributed by atoms with Crippen LogP contribution in [0.5, 0.6) is 0 Å². The zero-order valence-electron chi connectivity index (χ0n) is 13.9. The van der Waals surface area contributed by atoms with Gasteiger partial charge in [-0.3, -0.25) is 0 Å². The van der Waals surface area contributed by atoms with Crippen LogP contribution in [-0.4, -0.2) is 57.9 Å². The van der Waals surface area contributed by atoms with Crippen molar-refractivity contribution >= 4 is 0 Å². The number of aliphatic hydroxyl groups is 1. The predicted octanol–water partition coefficient (Wildman–Crippen LogP) is 1.57. The molecule has 0 aromatic rings. The standard InChI is InChI=1S/C16H33NO4/c1-15(2)5-4-6-16(13-17,14(15)18)7-8-20-11-12-21-10-9-19-3/h14,18H,4-13,17H2,1-3H3. The summed E-state index contributed by atoms with van der Waals surface area (Å²) < 4.78 is 15.9. The highest BCUT2D eigenvalue weighted by Crippen LogP contribution is 2.47. The van der Waals surface area contributed by atoms with Crippen molar-refractivity contribution < 1.29 is 19.3 Å². The van der Waals surface area contributed by atoms with Gasteiger partial charge in [0.05, 0.1) is 32.5 Å². The van der Waals surface area contributed by atoms with Crippen LogP contribution in [0.3, 0.4) is 0 Å². The lowest BCUT2D eigenvalue weighted by atomic mass is 9.60. The molecule has 0 saturated heterocycles. The molecule has 0 amide bonds. The summed E-state index contributed by atoms with van der Waals surface area (Å²) in [5.41, 5.74) is 5.74. The number of hydrogen-bond donors (Lipinski definition) is 2. The highest BCUT2D eigenvalue weighted by Gasteiger charge is 2.47. The average Bonchev–Trinajstić information content (AvgIpc) is 2.46. The van der Waals surface area contributed by atoms with Crippen LogP contribution >= 0.6 is 0 Å². The van der Waals surface area contributed by atoms with Crippen molar-refractivity contribution in [2.45, 2.75) is 45.6 Å². The molecule has 1 saturated carbocycles. The van der Waals surface area contributed by atoms with E-state index in [9.17, 15) is 5.11 Å². The summed E-state index contributed by atoms with van der Waals surface area (Å²) in [6.45, 7) is 7.76. The lowest BCUT2D eigenvalue weighted by Gasteiger charge is -2.49. The Labute approximate surface area is 129 Å². The number of ether oxygens (including phenoxy) is 3. The van der Waals surface area contributed by atoms with E-state index in [0.717, 1.165) is 25.7 Å². The van der Waals surface area contributed by atoms with Gasteiger partial charge in [-0.1, -0.05) is 20.3 Å². The number of methoxy groups -OCH3 is 1. The number of aliphatic hydroxyl groups excluding tert-OH is 1. The topological polar surface area (TPSA) is 73.9 Å². The molecule has 0 spiro atoms. The molecular weight excluding hydrogens is 270 g/mol. The van der Waals surface area contributed by atoms with Crippen LogP contribution in [0.2, 0.25) is 0 Å². The molecule has 0 aliphatic heterocycles. The van der Waals surface area contributed by atoms with Crippen LogP contribution in [0.4, 0.5) is 0 Å². The fourth-order valence-electron chi connectivity index (χ4n) is 3.32. The van der Waals surface area contributed by atoms with Crippen LogP contribution in [-0.2, 0) is 14.2 Å². The van der Waals surface area contributed by atoms with Gasteiger partial charge in [0.2, 0.25) is 0 Å². The summed E-state index contributed by atoms with van der Waals surface area (Å²) in [7, 11) is 1.66. The van der Waals surface area contributed by atoms with Gasteiger partial charge in [0.25, 0.3) is 0 Å². The van der Waals surface area contributed by atoms with E-state index in [4.69, 9.17) is 19.9 Å². The van der Waals surface area contributed by atoms with Gasteiger partial charge < -0.3 is 25.1 Å². The van der Waals surface area contributed by atoms with Gasteiger partial charge in [0.15, 0.2) is 0 Å². The van der Waals surface area contributed by atoms with Gasteiger partial charge in [0.1, 0.15) is 0 Å². The molecule has 0 aromatic carbocycles. The summed E-state index contributed by atoms with van der Waals surface area (Å²) >= 11 is 0. The van der Waals surface area contributed by atoms with E-state index in [1.807, 2.05) is 0 Å². The third kappa shape index (κ3) is 5.49. The second-order valence-electron chi connectivity index (χ2n) is 6.78. The first-order chi connectivity index (χ1) is 9.98. The second-order valence-corrected chi connectivity index (χ2v) is 6.78. The molecule has 1 aliphatic carbocycles. The second kappa shape index (κ2) is 9.06. The van der Waals surface area contributed by atoms with E-state index in [1.54, 1.807) is 7.11 Å². The van der Waals surface area contributed by atoms with Crippen LogP contribution < -0.4 is 5.73 Å². The maximum atomic E-state index is 10.7. The molecule has 21 heavy (non-hydrogen) atoms. The van der Waals surface area contributed by atoms with E-state index >= 15 is 0 Å². The Bertz CT molecular complexity index is 285. The van der Waals surface area contributed by atoms with Gasteiger partial charge in [-0.2, -0.15) is 0 Å². The Hall–Kier alpha value is -0.200. The van der Waals surface area contributed by atoms with E-state index in [2.05, 4.69) is 13.8 Å². The van der Waals surface area contributed by atoms with Crippen LogP contribution in [0.25, 0.3) is 0 Å². The normalized spacial score (nSPS) is 28.7. The quantitative estimate of drug-likeness (QED) is 0.599. The maximum absolute atomic E-state index is 10.7. The average molecular weight is 303 g/mol. The van der Waals surface area contributed by atoms with Crippen LogP contribution in [0.1, 0.15) is 39.5 Å². The van der Waals surface area contributed by atoms with E-state index < -0.39 is 0 Å². The summed E-state index contributed by atoms with van der Waals surface area (Å²) in [5.74, 6) is 0. The molecule has 1 rings (SSSR count). The minimum absolute atomic E-state index is 0.0547. The molecule has 1 aliphatic rings. The summed E-state index contributed by atoms with van der Waals surface area (Å²) in [4.78, 5) is 0. The molecule has 5 heteroatoms. The molecule has 0 aromatic heterocycles. The van der Waals surface area contributed by atoms with Gasteiger partial charge in [-0.05, 0) is 24.7 Å². The van der Waals surface area contributed by atoms with E-state index in [1.165, 1.54) is 0 Å². The molecular formula is C16H33NO4. The van der Waals surface area contributed by atoms with E-state index in [-0.39, 0.29) is 16.9 Å². The first kappa shape index (κ1) is 18.8. The molecule has 0 heterocycles. The molecule has 0 bridgehead atoms. The largest absolute Gasteiger partial charge is 0.392 e. The van der Waals surface area contributed by atoms with Gasteiger partial charge in [-0.25, -0.2) is 0 Å². The molecule has 0 radical (unpaired) electrons. The molecule has 3 N–H and O–H groups in total. The van der Waals surface area contributed by atoms with Crippen molar-refractivity contribution in [2.24, 2.45) is 16.6 Å². The molecule has 1 fully saturated rings. The highest BCUT2D eigenvalue weighted by atomic mass is 16.5. The fraction of sp³-hybridized carbons (Fsp3) is 1.00. The third-order valence-electron chi connectivity index (χ3n) is 4.77. The molecule has 5 nitrogen and oxygen atoms in total. The van der Waals surface area contributed by atoms with Crippen molar-refractivity contribution in [3.63, 3.8) is 0 Å². The Morgan fingerprint density at radius 2 is 1.67 bits per heavy atom. The SMILES string of the molecule is COCCOCCOCCC1(CN)CCCC(C)(C)C1O. The Kier molecular flexibility index (Phi) is 8.13. The first-order valence-corrected chi connectivity index (χ1v) is 8.01. The number of hydrogen-bond acceptors (Lipinski definition) is 5. The number of nitrogens with two attached hydrogens (primary N) is 1. The van der Waals surface area contributed by atoms with Crippen LogP contribution in [0.15, 0.2) is 0 Å². The van der Waals surface area contributed by atoms with Crippen molar-refractivity contribution in [3.8, 4) is 0 Å². The van der Waals surface area contributed by atoms with Crippen molar-refractivity contribution in [1.29, 1.82) is 0 Å². The van der Waals surface area contributed by atoms with Crippen molar-refractivity contribution in [2.75, 3.05) is 46.7 Å².